The number of aliphatic hydroxyl groups is 1. The normalized spacial score (nSPS) is 12.4. The molecule has 0 aliphatic heterocycles. The average Bonchev–Trinajstić information content (AvgIpc) is 1.35. The molecule has 0 saturated carbocycles. The Labute approximate surface area is 51.2 Å². The molecule has 0 radical (unpaired) electrons. The van der Waals surface area contributed by atoms with Crippen LogP contribution >= 0.6 is 13.5 Å². The number of rotatable bonds is 2. The summed E-state index contributed by atoms with van der Waals surface area (Å²) in [5.74, 6) is 0. The van der Waals surface area contributed by atoms with Crippen molar-refractivity contribution in [1.82, 2.24) is 0 Å². The van der Waals surface area contributed by atoms with Crippen LogP contribution in [0.3, 0.4) is 0 Å². The fraction of sp³-hybridized carbons (Fsp3) is 1.00. The van der Waals surface area contributed by atoms with Crippen LogP contribution in [0.5, 0.6) is 0 Å². The maximum atomic E-state index is 8.16. The Morgan fingerprint density at radius 2 is 2.14 bits per heavy atom. The molecule has 0 heterocycles. The number of hydrogen-bond acceptors (Lipinski definition) is 2. The highest BCUT2D eigenvalue weighted by molar-refractivity contribution is 7.59. The monoisotopic (exact) mass is 123 g/mol. The third-order valence-electron chi connectivity index (χ3n) is 0.584. The first-order valence-electron chi connectivity index (χ1n) is 2.14. The maximum absolute atomic E-state index is 8.16. The van der Waals surface area contributed by atoms with Crippen molar-refractivity contribution in [2.75, 3.05) is 6.61 Å². The molecule has 7 heavy (non-hydrogen) atoms. The fourth-order valence-electron chi connectivity index (χ4n) is 0.204. The first-order chi connectivity index (χ1) is 2.77. The molecule has 0 aromatic carbocycles. The maximum Gasteiger partial charge on any atom is 0.0445 e. The largest absolute Gasteiger partial charge is 0.396 e. The van der Waals surface area contributed by atoms with Crippen LogP contribution in [-0.2, 0) is 0 Å². The van der Waals surface area contributed by atoms with Crippen molar-refractivity contribution in [3.63, 3.8) is 0 Å². The van der Waals surface area contributed by atoms with Crippen LogP contribution in [0.2, 0.25) is 0 Å². The number of aliphatic hydroxyl groups excluding tert-OH is 1. The molecule has 1 atom stereocenters. The molecule has 2 nitrogen and oxygen atoms in total. The second-order valence-corrected chi connectivity index (χ2v) is 1.49. The fourth-order valence-corrected chi connectivity index (χ4v) is 0.204. The Hall–Kier alpha value is 0.270. The van der Waals surface area contributed by atoms with Crippen molar-refractivity contribution >= 4 is 13.5 Å². The van der Waals surface area contributed by atoms with E-state index in [2.05, 4.69) is 0 Å². The molecule has 0 unspecified atom stereocenters. The molecule has 0 amide bonds. The minimum absolute atomic E-state index is 0. The van der Waals surface area contributed by atoms with Crippen molar-refractivity contribution in [2.45, 2.75) is 19.4 Å². The molecular weight excluding hydrogens is 110 g/mol. The highest BCUT2D eigenvalue weighted by atomic mass is 32.1. The van der Waals surface area contributed by atoms with Gasteiger partial charge in [0.05, 0.1) is 0 Å². The summed E-state index contributed by atoms with van der Waals surface area (Å²) >= 11 is 0. The van der Waals surface area contributed by atoms with Gasteiger partial charge in [-0.25, -0.2) is 0 Å². The van der Waals surface area contributed by atoms with E-state index >= 15 is 0 Å². The van der Waals surface area contributed by atoms with Crippen LogP contribution in [-0.4, -0.2) is 17.8 Å². The molecule has 0 bridgehead atoms. The summed E-state index contributed by atoms with van der Waals surface area (Å²) in [5, 5.41) is 8.16. The standard InChI is InChI=1S/C4H11NO.H2S/c1-4(5)2-3-6;/h4,6H,2-3,5H2,1H3;1H2/t4-;/m0./s1. The number of nitrogens with two attached hydrogens (primary N) is 1. The first-order valence-corrected chi connectivity index (χ1v) is 2.14. The van der Waals surface area contributed by atoms with Crippen molar-refractivity contribution < 1.29 is 5.11 Å². The lowest BCUT2D eigenvalue weighted by Gasteiger charge is -1.96. The summed E-state index contributed by atoms with van der Waals surface area (Å²) in [6, 6.07) is 0.148. The Bertz CT molecular complexity index is 32.9. The SMILES string of the molecule is C[C@H](N)CCO.S. The molecule has 0 aromatic heterocycles. The highest BCUT2D eigenvalue weighted by Gasteiger charge is 1.86. The van der Waals surface area contributed by atoms with E-state index in [1.807, 2.05) is 6.92 Å². The lowest BCUT2D eigenvalue weighted by molar-refractivity contribution is 0.279. The van der Waals surface area contributed by atoms with Gasteiger partial charge < -0.3 is 10.8 Å². The third-order valence-corrected chi connectivity index (χ3v) is 0.584. The highest BCUT2D eigenvalue weighted by Crippen LogP contribution is 1.79. The van der Waals surface area contributed by atoms with Crippen LogP contribution in [0.15, 0.2) is 0 Å². The van der Waals surface area contributed by atoms with Crippen molar-refractivity contribution in [1.29, 1.82) is 0 Å². The molecular formula is C4H13NOS. The molecule has 0 aliphatic rings. The van der Waals surface area contributed by atoms with Gasteiger partial charge in [-0.2, -0.15) is 13.5 Å². The topological polar surface area (TPSA) is 46.2 Å². The van der Waals surface area contributed by atoms with E-state index in [4.69, 9.17) is 10.8 Å². The van der Waals surface area contributed by atoms with Gasteiger partial charge in [-0.1, -0.05) is 0 Å². The molecule has 0 spiro atoms. The lowest BCUT2D eigenvalue weighted by atomic mass is 10.3. The van der Waals surface area contributed by atoms with Crippen LogP contribution in [0.1, 0.15) is 13.3 Å². The Morgan fingerprint density at radius 3 is 2.14 bits per heavy atom. The van der Waals surface area contributed by atoms with Crippen molar-refractivity contribution in [3.05, 3.63) is 0 Å². The van der Waals surface area contributed by atoms with Gasteiger partial charge in [0.2, 0.25) is 0 Å². The van der Waals surface area contributed by atoms with Gasteiger partial charge in [-0.15, -0.1) is 0 Å². The Kier molecular flexibility index (Phi) is 9.22. The Morgan fingerprint density at radius 1 is 1.71 bits per heavy atom. The molecule has 3 heteroatoms. The molecule has 0 aliphatic carbocycles. The summed E-state index contributed by atoms with van der Waals surface area (Å²) in [4.78, 5) is 0. The van der Waals surface area contributed by atoms with Gasteiger partial charge in [-0.05, 0) is 13.3 Å². The van der Waals surface area contributed by atoms with Gasteiger partial charge in [0.25, 0.3) is 0 Å². The zero-order chi connectivity index (χ0) is 4.99. The average molecular weight is 123 g/mol. The van der Waals surface area contributed by atoms with E-state index in [1.165, 1.54) is 0 Å². The van der Waals surface area contributed by atoms with Crippen molar-refractivity contribution in [3.8, 4) is 0 Å². The molecule has 3 N–H and O–H groups in total. The van der Waals surface area contributed by atoms with Crippen LogP contribution in [0.25, 0.3) is 0 Å². The summed E-state index contributed by atoms with van der Waals surface area (Å²) in [7, 11) is 0. The first kappa shape index (κ1) is 10.3. The predicted molar refractivity (Wildman–Crippen MR) is 35.7 cm³/mol. The van der Waals surface area contributed by atoms with Gasteiger partial charge in [0.1, 0.15) is 0 Å². The molecule has 0 saturated heterocycles. The van der Waals surface area contributed by atoms with E-state index in [9.17, 15) is 0 Å². The van der Waals surface area contributed by atoms with E-state index in [0.717, 1.165) is 0 Å². The Balaban J connectivity index is 0. The molecule has 0 aromatic rings. The summed E-state index contributed by atoms with van der Waals surface area (Å²) < 4.78 is 0. The van der Waals surface area contributed by atoms with Gasteiger partial charge >= 0.3 is 0 Å². The van der Waals surface area contributed by atoms with E-state index in [0.29, 0.717) is 6.42 Å². The van der Waals surface area contributed by atoms with E-state index in [-0.39, 0.29) is 26.1 Å². The zero-order valence-electron chi connectivity index (χ0n) is 4.52. The molecule has 0 rings (SSSR count). The van der Waals surface area contributed by atoms with Crippen molar-refractivity contribution in [2.24, 2.45) is 5.73 Å². The minimum atomic E-state index is 0. The smallest absolute Gasteiger partial charge is 0.0445 e. The van der Waals surface area contributed by atoms with E-state index in [1.54, 1.807) is 0 Å². The van der Waals surface area contributed by atoms with Crippen LogP contribution in [0, 0.1) is 0 Å². The number of hydrogen-bond donors (Lipinski definition) is 2. The van der Waals surface area contributed by atoms with Gasteiger partial charge in [-0.3, -0.25) is 0 Å². The zero-order valence-corrected chi connectivity index (χ0v) is 5.52. The molecule has 46 valence electrons. The van der Waals surface area contributed by atoms with Crippen LogP contribution < -0.4 is 5.73 Å². The van der Waals surface area contributed by atoms with E-state index < -0.39 is 0 Å². The second kappa shape index (κ2) is 6.27. The van der Waals surface area contributed by atoms with Gasteiger partial charge in [0, 0.05) is 12.6 Å². The quantitative estimate of drug-likeness (QED) is 0.535. The summed E-state index contributed by atoms with van der Waals surface area (Å²) in [5.41, 5.74) is 5.24. The lowest BCUT2D eigenvalue weighted by Crippen LogP contribution is -2.15. The summed E-state index contributed by atoms with van der Waals surface area (Å²) in [6.07, 6.45) is 0.708. The third kappa shape index (κ3) is 10.7. The predicted octanol–water partition coefficient (Wildman–Crippen LogP) is -0.171. The second-order valence-electron chi connectivity index (χ2n) is 1.49. The molecule has 0 fully saturated rings. The van der Waals surface area contributed by atoms with Gasteiger partial charge in [0.15, 0.2) is 0 Å². The minimum Gasteiger partial charge on any atom is -0.396 e. The van der Waals surface area contributed by atoms with Crippen LogP contribution in [0.4, 0.5) is 0 Å². The summed E-state index contributed by atoms with van der Waals surface area (Å²) in [6.45, 7) is 2.08.